The van der Waals surface area contributed by atoms with Gasteiger partial charge in [-0.3, -0.25) is 0 Å². The van der Waals surface area contributed by atoms with Gasteiger partial charge in [-0.1, -0.05) is 0 Å². The van der Waals surface area contributed by atoms with Gasteiger partial charge in [0.1, 0.15) is 17.5 Å². The molecule has 3 fully saturated rings. The number of morpholine rings is 1. The zero-order valence-corrected chi connectivity index (χ0v) is 18.5. The van der Waals surface area contributed by atoms with Crippen LogP contribution < -0.4 is 19.6 Å². The summed E-state index contributed by atoms with van der Waals surface area (Å²) in [6.45, 7) is 6.76. The van der Waals surface area contributed by atoms with Crippen LogP contribution in [0.3, 0.4) is 0 Å². The molecular weight excluding hydrogens is 435 g/mol. The molecule has 2 aromatic rings. The molecule has 0 spiro atoms. The molecule has 0 saturated carbocycles. The van der Waals surface area contributed by atoms with Crippen LogP contribution in [0.2, 0.25) is 0 Å². The Morgan fingerprint density at radius 3 is 2.00 bits per heavy atom. The second-order valence-corrected chi connectivity index (χ2v) is 8.52. The first-order chi connectivity index (χ1) is 16.0. The molecule has 5 rings (SSSR count). The maximum atomic E-state index is 13.4. The van der Waals surface area contributed by atoms with E-state index in [0.29, 0.717) is 45.3 Å². The number of hydrogen-bond donors (Lipinski definition) is 0. The van der Waals surface area contributed by atoms with Crippen molar-refractivity contribution in [2.75, 3.05) is 85.2 Å². The van der Waals surface area contributed by atoms with E-state index < -0.39 is 11.7 Å². The Labute approximate surface area is 191 Å². The Balaban J connectivity index is 1.36. The third kappa shape index (κ3) is 4.78. The van der Waals surface area contributed by atoms with Crippen LogP contribution in [0.4, 0.5) is 36.6 Å². The summed E-state index contributed by atoms with van der Waals surface area (Å²) < 4.78 is 45.8. The number of rotatable bonds is 4. The number of halogens is 3. The lowest BCUT2D eigenvalue weighted by molar-refractivity contribution is -0.137. The molecule has 8 nitrogen and oxygen atoms in total. The van der Waals surface area contributed by atoms with Crippen LogP contribution in [0.1, 0.15) is 18.4 Å². The highest BCUT2D eigenvalue weighted by Crippen LogP contribution is 2.36. The van der Waals surface area contributed by atoms with Crippen LogP contribution in [0.15, 0.2) is 24.4 Å². The summed E-state index contributed by atoms with van der Waals surface area (Å²) in [6, 6.07) is 4.44. The fourth-order valence-electron chi connectivity index (χ4n) is 4.60. The molecule has 3 aliphatic rings. The van der Waals surface area contributed by atoms with E-state index >= 15 is 0 Å². The Kier molecular flexibility index (Phi) is 6.13. The van der Waals surface area contributed by atoms with Crippen LogP contribution in [-0.2, 0) is 10.9 Å². The van der Waals surface area contributed by atoms with Crippen molar-refractivity contribution in [2.24, 2.45) is 0 Å². The van der Waals surface area contributed by atoms with Gasteiger partial charge in [0.25, 0.3) is 0 Å². The van der Waals surface area contributed by atoms with Gasteiger partial charge >= 0.3 is 6.18 Å². The van der Waals surface area contributed by atoms with E-state index in [2.05, 4.69) is 19.7 Å². The molecule has 178 valence electrons. The van der Waals surface area contributed by atoms with E-state index in [9.17, 15) is 13.2 Å². The normalized spacial score (nSPS) is 20.0. The third-order valence-corrected chi connectivity index (χ3v) is 6.41. The number of pyridine rings is 1. The van der Waals surface area contributed by atoms with Crippen molar-refractivity contribution in [3.05, 3.63) is 30.0 Å². The van der Waals surface area contributed by atoms with Crippen molar-refractivity contribution in [1.29, 1.82) is 0 Å². The van der Waals surface area contributed by atoms with E-state index in [1.807, 2.05) is 6.07 Å². The minimum Gasteiger partial charge on any atom is -0.378 e. The summed E-state index contributed by atoms with van der Waals surface area (Å²) in [5, 5.41) is 0. The summed E-state index contributed by atoms with van der Waals surface area (Å²) in [4.78, 5) is 22.0. The highest BCUT2D eigenvalue weighted by atomic mass is 19.4. The monoisotopic (exact) mass is 463 g/mol. The molecule has 0 radical (unpaired) electrons. The summed E-state index contributed by atoms with van der Waals surface area (Å²) >= 11 is 0. The molecule has 0 N–H and O–H groups in total. The van der Waals surface area contributed by atoms with Crippen molar-refractivity contribution in [3.8, 4) is 0 Å². The van der Waals surface area contributed by atoms with E-state index in [0.717, 1.165) is 56.7 Å². The Morgan fingerprint density at radius 2 is 1.36 bits per heavy atom. The largest absolute Gasteiger partial charge is 0.419 e. The van der Waals surface area contributed by atoms with Crippen LogP contribution >= 0.6 is 0 Å². The average Bonchev–Trinajstić information content (AvgIpc) is 3.39. The number of nitrogens with zero attached hydrogens (tertiary/aromatic N) is 7. The molecule has 3 aliphatic heterocycles. The van der Waals surface area contributed by atoms with Gasteiger partial charge in [-0.05, 0) is 25.0 Å². The molecule has 5 heterocycles. The highest BCUT2D eigenvalue weighted by molar-refractivity contribution is 5.57. The van der Waals surface area contributed by atoms with Crippen molar-refractivity contribution in [3.63, 3.8) is 0 Å². The minimum atomic E-state index is -4.43. The Bertz CT molecular complexity index is 953. The Hall–Kier alpha value is -2.82. The zero-order chi connectivity index (χ0) is 22.8. The fourth-order valence-corrected chi connectivity index (χ4v) is 4.60. The van der Waals surface area contributed by atoms with Crippen molar-refractivity contribution in [2.45, 2.75) is 19.0 Å². The maximum absolute atomic E-state index is 13.4. The van der Waals surface area contributed by atoms with E-state index in [4.69, 9.17) is 14.7 Å². The first-order valence-corrected chi connectivity index (χ1v) is 11.5. The lowest BCUT2D eigenvalue weighted by Gasteiger charge is -2.37. The molecule has 0 aliphatic carbocycles. The van der Waals surface area contributed by atoms with E-state index in [-0.39, 0.29) is 5.82 Å². The van der Waals surface area contributed by atoms with Crippen LogP contribution in [0, 0.1) is 0 Å². The first kappa shape index (κ1) is 22.0. The van der Waals surface area contributed by atoms with Crippen molar-refractivity contribution < 1.29 is 17.9 Å². The summed E-state index contributed by atoms with van der Waals surface area (Å²) in [7, 11) is 0. The lowest BCUT2D eigenvalue weighted by atomic mass is 10.2. The van der Waals surface area contributed by atoms with Gasteiger partial charge in [0.15, 0.2) is 0 Å². The summed E-state index contributed by atoms with van der Waals surface area (Å²) in [5.74, 6) is 2.44. The molecule has 0 bridgehead atoms. The topological polar surface area (TPSA) is 60.9 Å². The number of aromatic nitrogens is 3. The quantitative estimate of drug-likeness (QED) is 0.686. The standard InChI is InChI=1S/C22H28F3N7O/c23-22(24,25)17-4-3-5-26-20(17)31-10-8-30(9-11-31)19-16-18(29-6-1-2-7-29)27-21(28-19)32-12-14-33-15-13-32/h3-5,16H,1-2,6-15H2. The number of anilines is 4. The van der Waals surface area contributed by atoms with Gasteiger partial charge in [-0.25, -0.2) is 4.98 Å². The fraction of sp³-hybridized carbons (Fsp3) is 0.591. The third-order valence-electron chi connectivity index (χ3n) is 6.41. The predicted molar refractivity (Wildman–Crippen MR) is 120 cm³/mol. The van der Waals surface area contributed by atoms with Crippen LogP contribution in [0.25, 0.3) is 0 Å². The molecule has 11 heteroatoms. The molecule has 0 atom stereocenters. The molecular formula is C22H28F3N7O. The number of piperazine rings is 1. The zero-order valence-electron chi connectivity index (χ0n) is 18.5. The van der Waals surface area contributed by atoms with Crippen molar-refractivity contribution >= 4 is 23.4 Å². The van der Waals surface area contributed by atoms with Crippen LogP contribution in [-0.4, -0.2) is 80.5 Å². The molecule has 0 amide bonds. The van der Waals surface area contributed by atoms with Gasteiger partial charge in [-0.15, -0.1) is 0 Å². The molecule has 33 heavy (non-hydrogen) atoms. The smallest absolute Gasteiger partial charge is 0.378 e. The van der Waals surface area contributed by atoms with Crippen molar-refractivity contribution in [1.82, 2.24) is 15.0 Å². The maximum Gasteiger partial charge on any atom is 0.419 e. The predicted octanol–water partition coefficient (Wildman–Crippen LogP) is 2.65. The second kappa shape index (κ2) is 9.20. The van der Waals surface area contributed by atoms with E-state index in [1.54, 1.807) is 4.90 Å². The molecule has 2 aromatic heterocycles. The Morgan fingerprint density at radius 1 is 0.758 bits per heavy atom. The SMILES string of the molecule is FC(F)(F)c1cccnc1N1CCN(c2cc(N3CCCC3)nc(N3CCOCC3)n2)CC1. The number of hydrogen-bond acceptors (Lipinski definition) is 8. The van der Waals surface area contributed by atoms with Crippen LogP contribution in [0.5, 0.6) is 0 Å². The average molecular weight is 464 g/mol. The lowest BCUT2D eigenvalue weighted by Crippen LogP contribution is -2.48. The minimum absolute atomic E-state index is 0.000834. The molecule has 3 saturated heterocycles. The van der Waals surface area contributed by atoms with Gasteiger partial charge in [-0.2, -0.15) is 23.1 Å². The summed E-state index contributed by atoms with van der Waals surface area (Å²) in [6.07, 6.45) is -0.712. The van der Waals surface area contributed by atoms with Gasteiger partial charge in [0.05, 0.1) is 18.8 Å². The number of ether oxygens (including phenoxy) is 1. The molecule has 0 unspecified atom stereocenters. The van der Waals surface area contributed by atoms with E-state index in [1.165, 1.54) is 12.3 Å². The molecule has 0 aromatic carbocycles. The van der Waals surface area contributed by atoms with Gasteiger partial charge < -0.3 is 24.3 Å². The number of alkyl halides is 3. The first-order valence-electron chi connectivity index (χ1n) is 11.5. The second-order valence-electron chi connectivity index (χ2n) is 8.52. The highest BCUT2D eigenvalue weighted by Gasteiger charge is 2.36. The van der Waals surface area contributed by atoms with Gasteiger partial charge in [0.2, 0.25) is 5.95 Å². The van der Waals surface area contributed by atoms with Gasteiger partial charge in [0, 0.05) is 64.6 Å². The summed E-state index contributed by atoms with van der Waals surface area (Å²) in [5.41, 5.74) is -0.689.